The third kappa shape index (κ3) is 14.7. The summed E-state index contributed by atoms with van der Waals surface area (Å²) >= 11 is 0. The molecule has 684 valence electrons. The zero-order chi connectivity index (χ0) is 96.9. The van der Waals surface area contributed by atoms with Gasteiger partial charge < -0.3 is 13.7 Å². The summed E-state index contributed by atoms with van der Waals surface area (Å²) in [7, 11) is 0. The van der Waals surface area contributed by atoms with Crippen molar-refractivity contribution in [3.63, 3.8) is 0 Å². The zero-order valence-electron chi connectivity index (χ0n) is 79.8. The summed E-state index contributed by atoms with van der Waals surface area (Å²) in [6, 6.07) is 178. The Kier molecular flexibility index (Phi) is 20.8. The number of hydrogen-bond acceptors (Lipinski definition) is 6. The van der Waals surface area contributed by atoms with Crippen molar-refractivity contribution >= 4 is 163 Å². The number of fused-ring (bicyclic) bond motifs is 27. The van der Waals surface area contributed by atoms with E-state index in [9.17, 15) is 0 Å². The van der Waals surface area contributed by atoms with Crippen LogP contribution in [0.2, 0.25) is 0 Å². The van der Waals surface area contributed by atoms with Gasteiger partial charge in [-0.3, -0.25) is 29.9 Å². The standard InChI is InChI=1S/3C46H29N3/c1-2-12-32(13-3-1)49-43-21-11-10-19-38(43)42-29-31(23-25-44(42)49)34-15-5-7-17-36(34)35-16-6-4-14-33(35)30-22-24-40-41(28-30)37-18-8-9-20-39(37)45-46(40)48-27-26-47-45;1-2-14-36(15-3-1)49-43-19-7-6-17-38(43)42-29-35(21-23-44(42)49)33-13-9-11-31(27-33)30-10-8-12-32(26-30)34-20-22-40-41(28-34)37-16-4-5-18-39(37)45-46(40)48-25-24-47-45;1-2-10-34(11-3-1)49-43-17-9-8-15-38(43)42-29-33(23-25-44(42)49)36-13-5-4-12-35(36)31-20-18-30(19-21-31)32-22-24-40-41(28-32)37-14-6-7-16-39(37)45-46(40)48-27-26-47-45/h3*1-29H. The maximum absolute atomic E-state index is 4.77. The van der Waals surface area contributed by atoms with Crippen LogP contribution < -0.4 is 0 Å². The van der Waals surface area contributed by atoms with Gasteiger partial charge in [0.1, 0.15) is 0 Å². The molecule has 9 heteroatoms. The summed E-state index contributed by atoms with van der Waals surface area (Å²) in [6.07, 6.45) is 10.7. The lowest BCUT2D eigenvalue weighted by molar-refractivity contribution is 1.18. The van der Waals surface area contributed by atoms with Gasteiger partial charge in [0.2, 0.25) is 0 Å². The van der Waals surface area contributed by atoms with Crippen LogP contribution in [0, 0.1) is 0 Å². The van der Waals surface area contributed by atoms with Gasteiger partial charge in [-0.1, -0.05) is 370 Å². The van der Waals surface area contributed by atoms with E-state index in [4.69, 9.17) is 24.9 Å². The average molecular weight is 1870 g/mol. The molecule has 0 bridgehead atoms. The lowest BCUT2D eigenvalue weighted by Gasteiger charge is -2.16. The first-order valence-electron chi connectivity index (χ1n) is 50.0. The molecule has 0 aliphatic heterocycles. The molecular formula is C138H87N9. The van der Waals surface area contributed by atoms with E-state index in [2.05, 4.69) is 510 Å². The Hall–Kier alpha value is -19.7. The van der Waals surface area contributed by atoms with Crippen molar-refractivity contribution in [2.24, 2.45) is 0 Å². The van der Waals surface area contributed by atoms with E-state index in [1.54, 1.807) is 37.2 Å². The van der Waals surface area contributed by atoms with Crippen LogP contribution in [0.4, 0.5) is 0 Å². The minimum atomic E-state index is 0.936. The Labute approximate surface area is 846 Å². The Morgan fingerprint density at radius 2 is 0.313 bits per heavy atom. The third-order valence-corrected chi connectivity index (χ3v) is 29.7. The molecule has 0 aliphatic rings. The molecule has 0 atom stereocenters. The molecule has 0 amide bonds. The number of nitrogens with zero attached hydrogens (tertiary/aromatic N) is 9. The second kappa shape index (κ2) is 35.8. The fraction of sp³-hybridized carbons (Fsp3) is 0. The van der Waals surface area contributed by atoms with Gasteiger partial charge in [-0.15, -0.1) is 0 Å². The predicted molar refractivity (Wildman–Crippen MR) is 616 cm³/mol. The molecule has 0 spiro atoms. The van der Waals surface area contributed by atoms with Gasteiger partial charge in [0, 0.05) is 119 Å². The van der Waals surface area contributed by atoms with Gasteiger partial charge >= 0.3 is 0 Å². The van der Waals surface area contributed by atoms with E-state index in [-0.39, 0.29) is 0 Å². The molecular weight excluding hydrogens is 1780 g/mol. The number of aromatic nitrogens is 9. The van der Waals surface area contributed by atoms with Gasteiger partial charge in [-0.25, -0.2) is 0 Å². The van der Waals surface area contributed by atoms with Crippen LogP contribution in [-0.4, -0.2) is 43.6 Å². The van der Waals surface area contributed by atoms with Crippen molar-refractivity contribution in [1.29, 1.82) is 0 Å². The molecule has 6 heterocycles. The predicted octanol–water partition coefficient (Wildman–Crippen LogP) is 36.1. The molecule has 0 saturated carbocycles. The number of rotatable bonds is 12. The number of hydrogen-bond donors (Lipinski definition) is 0. The summed E-state index contributed by atoms with van der Waals surface area (Å²) < 4.78 is 7.10. The Bertz CT molecular complexity index is 10400. The smallest absolute Gasteiger partial charge is 0.0971 e. The number of para-hydroxylation sites is 6. The highest BCUT2D eigenvalue weighted by molar-refractivity contribution is 6.27. The van der Waals surface area contributed by atoms with Crippen LogP contribution in [0.15, 0.2) is 529 Å². The minimum absolute atomic E-state index is 0.936. The highest BCUT2D eigenvalue weighted by atomic mass is 15.0. The Morgan fingerprint density at radius 3 is 0.653 bits per heavy atom. The van der Waals surface area contributed by atoms with Gasteiger partial charge in [0.05, 0.1) is 66.2 Å². The van der Waals surface area contributed by atoms with E-state index < -0.39 is 0 Å². The summed E-state index contributed by atoms with van der Waals surface area (Å²) in [5.74, 6) is 0. The molecule has 30 aromatic rings. The fourth-order valence-corrected chi connectivity index (χ4v) is 22.9. The molecule has 0 aliphatic carbocycles. The molecule has 9 nitrogen and oxygen atoms in total. The second-order valence-corrected chi connectivity index (χ2v) is 37.8. The highest BCUT2D eigenvalue weighted by Crippen LogP contribution is 2.48. The Balaban J connectivity index is 0.000000107. The largest absolute Gasteiger partial charge is 0.309 e. The Morgan fingerprint density at radius 1 is 0.109 bits per heavy atom. The van der Waals surface area contributed by atoms with Crippen LogP contribution in [-0.2, 0) is 0 Å². The molecule has 0 radical (unpaired) electrons. The van der Waals surface area contributed by atoms with Gasteiger partial charge in [0.15, 0.2) is 0 Å². The van der Waals surface area contributed by atoms with Gasteiger partial charge in [0.25, 0.3) is 0 Å². The van der Waals surface area contributed by atoms with Crippen molar-refractivity contribution in [2.45, 2.75) is 0 Å². The van der Waals surface area contributed by atoms with E-state index in [1.807, 2.05) is 0 Å². The van der Waals surface area contributed by atoms with Crippen molar-refractivity contribution in [3.8, 4) is 117 Å². The topological polar surface area (TPSA) is 92.1 Å². The molecule has 0 N–H and O–H groups in total. The quantitative estimate of drug-likeness (QED) is 0.113. The maximum Gasteiger partial charge on any atom is 0.0971 e. The first-order chi connectivity index (χ1) is 72.9. The van der Waals surface area contributed by atoms with Crippen molar-refractivity contribution < 1.29 is 0 Å². The molecule has 30 rings (SSSR count). The summed E-state index contributed by atoms with van der Waals surface area (Å²) in [4.78, 5) is 28.3. The van der Waals surface area contributed by atoms with E-state index in [0.29, 0.717) is 0 Å². The van der Waals surface area contributed by atoms with Crippen molar-refractivity contribution in [2.75, 3.05) is 0 Å². The maximum atomic E-state index is 4.77. The fourth-order valence-electron chi connectivity index (χ4n) is 22.9. The summed E-state index contributed by atoms with van der Waals surface area (Å²) in [6.45, 7) is 0. The molecule has 0 unspecified atom stereocenters. The molecule has 0 saturated heterocycles. The molecule has 147 heavy (non-hydrogen) atoms. The normalized spacial score (nSPS) is 11.7. The second-order valence-electron chi connectivity index (χ2n) is 37.8. The summed E-state index contributed by atoms with van der Waals surface area (Å²) in [5.41, 5.74) is 38.0. The number of benzene rings is 24. The minimum Gasteiger partial charge on any atom is -0.309 e. The lowest BCUT2D eigenvalue weighted by Crippen LogP contribution is -1.93. The monoisotopic (exact) mass is 1870 g/mol. The first-order valence-corrected chi connectivity index (χ1v) is 50.0. The first kappa shape index (κ1) is 85.3. The SMILES string of the molecule is c1ccc(-n2c3ccccc3c3cc(-c4cccc(-c5cccc(-c6ccc7c(c6)c6ccccc6c6nccnc76)c5)c4)ccc32)cc1.c1ccc(-n2c3ccccc3c3cc(-c4ccccc4-c4ccc(-c5ccc6c(c5)c5ccccc5c5nccnc65)cc4)ccc32)cc1.c1ccc(-n2c3ccccc3c3cc(-c4ccccc4-c4ccccc4-c4ccc5c(c4)c4ccccc4c4nccnc54)ccc32)cc1. The van der Waals surface area contributed by atoms with E-state index in [0.717, 1.165) is 65.4 Å². The summed E-state index contributed by atoms with van der Waals surface area (Å²) in [5, 5.41) is 21.4. The van der Waals surface area contributed by atoms with Gasteiger partial charge in [-0.2, -0.15) is 0 Å². The van der Waals surface area contributed by atoms with E-state index >= 15 is 0 Å². The van der Waals surface area contributed by atoms with Crippen LogP contribution in [0.3, 0.4) is 0 Å². The van der Waals surface area contributed by atoms with Crippen LogP contribution in [0.5, 0.6) is 0 Å². The van der Waals surface area contributed by atoms with Crippen molar-refractivity contribution in [1.82, 2.24) is 43.6 Å². The van der Waals surface area contributed by atoms with Crippen LogP contribution >= 0.6 is 0 Å². The average Bonchev–Trinajstić information content (AvgIpc) is 0.831. The zero-order valence-corrected chi connectivity index (χ0v) is 79.8. The van der Waals surface area contributed by atoms with Crippen LogP contribution in [0.1, 0.15) is 0 Å². The molecule has 6 aromatic heterocycles. The van der Waals surface area contributed by atoms with E-state index in [1.165, 1.54) is 215 Å². The van der Waals surface area contributed by atoms with Crippen molar-refractivity contribution in [3.05, 3.63) is 529 Å². The molecule has 0 fully saturated rings. The van der Waals surface area contributed by atoms with Crippen LogP contribution in [0.25, 0.3) is 280 Å². The third-order valence-electron chi connectivity index (χ3n) is 29.7. The highest BCUT2D eigenvalue weighted by Gasteiger charge is 2.24. The molecule has 24 aromatic carbocycles. The van der Waals surface area contributed by atoms with Gasteiger partial charge in [-0.05, 0) is 254 Å². The lowest BCUT2D eigenvalue weighted by atomic mass is 9.88.